The molecule has 1 aromatic heterocycles. The molecule has 0 bridgehead atoms. The zero-order chi connectivity index (χ0) is 14.8. The Morgan fingerprint density at radius 2 is 2.00 bits per heavy atom. The molecule has 1 heterocycles. The third kappa shape index (κ3) is 2.96. The minimum atomic E-state index is 0.216. The highest BCUT2D eigenvalue weighted by atomic mass is 32.2. The Hall–Kier alpha value is -1.78. The lowest BCUT2D eigenvalue weighted by molar-refractivity contribution is 0.920. The highest BCUT2D eigenvalue weighted by molar-refractivity contribution is 7.99. The second kappa shape index (κ2) is 5.92. The van der Waals surface area contributed by atoms with Crippen molar-refractivity contribution in [3.05, 3.63) is 59.2 Å². The summed E-state index contributed by atoms with van der Waals surface area (Å²) < 4.78 is 0. The fourth-order valence-corrected chi connectivity index (χ4v) is 3.55. The summed E-state index contributed by atoms with van der Waals surface area (Å²) in [5.41, 5.74) is 11.8. The molecule has 0 saturated heterocycles. The van der Waals surface area contributed by atoms with Crippen LogP contribution in [0.1, 0.15) is 21.9 Å². The molecule has 3 nitrogen and oxygen atoms in total. The van der Waals surface area contributed by atoms with Crippen LogP contribution in [0, 0.1) is 13.8 Å². The van der Waals surface area contributed by atoms with Crippen LogP contribution in [0.2, 0.25) is 0 Å². The molecule has 2 aromatic carbocycles. The number of imidazole rings is 1. The summed E-state index contributed by atoms with van der Waals surface area (Å²) in [6.07, 6.45) is 0. The van der Waals surface area contributed by atoms with Gasteiger partial charge in [0, 0.05) is 11.8 Å². The first-order valence-electron chi connectivity index (χ1n) is 7.06. The standard InChI is InChI=1S/C17H19N3S/c1-11-7-8-14-15(9-11)20-17(19-14)21-16(10-18)13-6-4-3-5-12(13)2/h3-9,16H,10,18H2,1-2H3,(H,19,20). The molecule has 0 saturated carbocycles. The predicted molar refractivity (Wildman–Crippen MR) is 89.7 cm³/mol. The molecule has 0 aliphatic carbocycles. The molecule has 0 spiro atoms. The molecular formula is C17H19N3S. The van der Waals surface area contributed by atoms with Gasteiger partial charge in [0.15, 0.2) is 5.16 Å². The average Bonchev–Trinajstić information content (AvgIpc) is 2.87. The summed E-state index contributed by atoms with van der Waals surface area (Å²) in [5, 5.41) is 1.14. The molecule has 1 unspecified atom stereocenters. The molecule has 0 amide bonds. The highest BCUT2D eigenvalue weighted by Crippen LogP contribution is 2.35. The van der Waals surface area contributed by atoms with Crippen molar-refractivity contribution in [2.45, 2.75) is 24.3 Å². The number of H-pyrrole nitrogens is 1. The highest BCUT2D eigenvalue weighted by Gasteiger charge is 2.15. The molecule has 1 atom stereocenters. The Labute approximate surface area is 129 Å². The van der Waals surface area contributed by atoms with E-state index in [2.05, 4.69) is 66.3 Å². The molecule has 4 heteroatoms. The van der Waals surface area contributed by atoms with Gasteiger partial charge in [0.05, 0.1) is 11.0 Å². The van der Waals surface area contributed by atoms with Crippen molar-refractivity contribution >= 4 is 22.8 Å². The van der Waals surface area contributed by atoms with E-state index >= 15 is 0 Å². The maximum Gasteiger partial charge on any atom is 0.167 e. The first kappa shape index (κ1) is 14.2. The number of aryl methyl sites for hydroxylation is 2. The minimum Gasteiger partial charge on any atom is -0.333 e. The summed E-state index contributed by atoms with van der Waals surface area (Å²) >= 11 is 1.70. The van der Waals surface area contributed by atoms with Crippen molar-refractivity contribution in [2.24, 2.45) is 5.73 Å². The molecule has 0 aliphatic heterocycles. The van der Waals surface area contributed by atoms with Gasteiger partial charge in [-0.3, -0.25) is 0 Å². The topological polar surface area (TPSA) is 54.7 Å². The van der Waals surface area contributed by atoms with Crippen LogP contribution in [0.4, 0.5) is 0 Å². The number of benzene rings is 2. The second-order valence-electron chi connectivity index (χ2n) is 5.26. The zero-order valence-corrected chi connectivity index (χ0v) is 13.1. The van der Waals surface area contributed by atoms with E-state index in [-0.39, 0.29) is 5.25 Å². The summed E-state index contributed by atoms with van der Waals surface area (Å²) in [5.74, 6) is 0. The van der Waals surface area contributed by atoms with Crippen molar-refractivity contribution in [1.29, 1.82) is 0 Å². The first-order valence-corrected chi connectivity index (χ1v) is 7.94. The van der Waals surface area contributed by atoms with Crippen molar-refractivity contribution < 1.29 is 0 Å². The van der Waals surface area contributed by atoms with Gasteiger partial charge in [0.25, 0.3) is 0 Å². The number of fused-ring (bicyclic) bond motifs is 1. The molecule has 3 rings (SSSR count). The van der Waals surface area contributed by atoms with Crippen molar-refractivity contribution in [3.63, 3.8) is 0 Å². The van der Waals surface area contributed by atoms with Gasteiger partial charge in [-0.05, 0) is 42.7 Å². The van der Waals surface area contributed by atoms with Gasteiger partial charge >= 0.3 is 0 Å². The molecule has 21 heavy (non-hydrogen) atoms. The van der Waals surface area contributed by atoms with Gasteiger partial charge in [0.2, 0.25) is 0 Å². The molecule has 0 radical (unpaired) electrons. The molecular weight excluding hydrogens is 278 g/mol. The zero-order valence-electron chi connectivity index (χ0n) is 12.3. The van der Waals surface area contributed by atoms with Crippen molar-refractivity contribution in [2.75, 3.05) is 6.54 Å². The number of aromatic nitrogens is 2. The Morgan fingerprint density at radius 3 is 2.76 bits per heavy atom. The van der Waals surface area contributed by atoms with Crippen LogP contribution in [0.25, 0.3) is 11.0 Å². The molecule has 0 aliphatic rings. The van der Waals surface area contributed by atoms with E-state index in [1.807, 2.05) is 0 Å². The molecule has 108 valence electrons. The Balaban J connectivity index is 1.90. The van der Waals surface area contributed by atoms with Gasteiger partial charge in [-0.25, -0.2) is 4.98 Å². The molecule has 3 N–H and O–H groups in total. The van der Waals surface area contributed by atoms with Crippen LogP contribution in [0.3, 0.4) is 0 Å². The van der Waals surface area contributed by atoms with Crippen molar-refractivity contribution in [1.82, 2.24) is 9.97 Å². The number of nitrogens with zero attached hydrogens (tertiary/aromatic N) is 1. The summed E-state index contributed by atoms with van der Waals surface area (Å²) in [6, 6.07) is 14.6. The number of hydrogen-bond donors (Lipinski definition) is 2. The van der Waals surface area contributed by atoms with Crippen molar-refractivity contribution in [3.8, 4) is 0 Å². The summed E-state index contributed by atoms with van der Waals surface area (Å²) in [4.78, 5) is 8.04. The quantitative estimate of drug-likeness (QED) is 0.716. The number of aromatic amines is 1. The normalized spacial score (nSPS) is 12.7. The van der Waals surface area contributed by atoms with E-state index in [1.165, 1.54) is 16.7 Å². The number of nitrogens with two attached hydrogens (primary N) is 1. The largest absolute Gasteiger partial charge is 0.333 e. The summed E-state index contributed by atoms with van der Waals surface area (Å²) in [6.45, 7) is 4.80. The average molecular weight is 297 g/mol. The van der Waals surface area contributed by atoms with Gasteiger partial charge in [-0.2, -0.15) is 0 Å². The van der Waals surface area contributed by atoms with Crippen LogP contribution in [-0.2, 0) is 0 Å². The number of rotatable bonds is 4. The van der Waals surface area contributed by atoms with E-state index < -0.39 is 0 Å². The fraction of sp³-hybridized carbons (Fsp3) is 0.235. The summed E-state index contributed by atoms with van der Waals surface area (Å²) in [7, 11) is 0. The Morgan fingerprint density at radius 1 is 1.19 bits per heavy atom. The number of thioether (sulfide) groups is 1. The van der Waals surface area contributed by atoms with Gasteiger partial charge in [-0.15, -0.1) is 0 Å². The maximum atomic E-state index is 5.98. The smallest absolute Gasteiger partial charge is 0.167 e. The second-order valence-corrected chi connectivity index (χ2v) is 6.45. The van der Waals surface area contributed by atoms with Gasteiger partial charge in [0.1, 0.15) is 0 Å². The first-order chi connectivity index (χ1) is 10.2. The molecule has 3 aromatic rings. The van der Waals surface area contributed by atoms with Gasteiger partial charge in [-0.1, -0.05) is 42.1 Å². The monoisotopic (exact) mass is 297 g/mol. The molecule has 0 fully saturated rings. The maximum absolute atomic E-state index is 5.98. The van der Waals surface area contributed by atoms with Gasteiger partial charge < -0.3 is 10.7 Å². The van der Waals surface area contributed by atoms with E-state index in [1.54, 1.807) is 11.8 Å². The minimum absolute atomic E-state index is 0.216. The lowest BCUT2D eigenvalue weighted by Crippen LogP contribution is -2.10. The fourth-order valence-electron chi connectivity index (χ4n) is 2.48. The van der Waals surface area contributed by atoms with Crippen LogP contribution in [-0.4, -0.2) is 16.5 Å². The van der Waals surface area contributed by atoms with Crippen LogP contribution < -0.4 is 5.73 Å². The SMILES string of the molecule is Cc1ccc2nc(SC(CN)c3ccccc3C)[nH]c2c1. The lowest BCUT2D eigenvalue weighted by Gasteiger charge is -2.15. The van der Waals surface area contributed by atoms with E-state index in [0.29, 0.717) is 6.54 Å². The lowest BCUT2D eigenvalue weighted by atomic mass is 10.1. The van der Waals surface area contributed by atoms with Crippen LogP contribution in [0.15, 0.2) is 47.6 Å². The Bertz CT molecular complexity index is 764. The third-order valence-corrected chi connectivity index (χ3v) is 4.77. The predicted octanol–water partition coefficient (Wildman–Crippen LogP) is 3.97. The van der Waals surface area contributed by atoms with Crippen LogP contribution in [0.5, 0.6) is 0 Å². The van der Waals surface area contributed by atoms with E-state index in [0.717, 1.165) is 16.2 Å². The third-order valence-electron chi connectivity index (χ3n) is 3.62. The Kier molecular flexibility index (Phi) is 3.99. The number of nitrogens with one attached hydrogen (secondary N) is 1. The van der Waals surface area contributed by atoms with E-state index in [4.69, 9.17) is 5.73 Å². The van der Waals surface area contributed by atoms with Crippen LogP contribution >= 0.6 is 11.8 Å². The number of hydrogen-bond acceptors (Lipinski definition) is 3. The van der Waals surface area contributed by atoms with E-state index in [9.17, 15) is 0 Å².